The third-order valence-corrected chi connectivity index (χ3v) is 3.09. The zero-order chi connectivity index (χ0) is 7.72. The second-order valence-electron chi connectivity index (χ2n) is 1.61. The van der Waals surface area contributed by atoms with Crippen LogP contribution in [0.4, 0.5) is 0 Å². The van der Waals surface area contributed by atoms with E-state index in [1.165, 1.54) is 0 Å². The number of ether oxygens (including phenoxy) is 1. The second kappa shape index (κ2) is 2.77. The van der Waals surface area contributed by atoms with Gasteiger partial charge in [0.1, 0.15) is 4.48 Å². The van der Waals surface area contributed by atoms with Gasteiger partial charge in [0.05, 0.1) is 4.48 Å². The summed E-state index contributed by atoms with van der Waals surface area (Å²) in [4.78, 5) is 10.7. The molecule has 0 aromatic carbocycles. The Morgan fingerprint density at radius 3 is 2.40 bits per heavy atom. The first-order valence-corrected chi connectivity index (χ1v) is 3.97. The maximum atomic E-state index is 10.7. The topological polar surface area (TPSA) is 26.3 Å². The molecule has 0 amide bonds. The highest BCUT2D eigenvalue weighted by Gasteiger charge is 2.29. The molecular formula is C6H2Br2O2. The van der Waals surface area contributed by atoms with E-state index >= 15 is 0 Å². The molecule has 0 saturated heterocycles. The number of hydrogen-bond donors (Lipinski definition) is 0. The van der Waals surface area contributed by atoms with Crippen LogP contribution in [0.5, 0.6) is 0 Å². The molecule has 1 aliphatic rings. The summed E-state index contributed by atoms with van der Waals surface area (Å²) in [5.74, 6) is 1.88. The molecule has 0 fully saturated rings. The fourth-order valence-electron chi connectivity index (χ4n) is 0.530. The third kappa shape index (κ3) is 1.11. The molecule has 1 atom stereocenters. The van der Waals surface area contributed by atoms with Crippen molar-refractivity contribution in [1.29, 1.82) is 0 Å². The lowest BCUT2D eigenvalue weighted by atomic mass is 10.4. The number of esters is 1. The lowest BCUT2D eigenvalue weighted by Crippen LogP contribution is -2.05. The van der Waals surface area contributed by atoms with Crippen LogP contribution in [0, 0.1) is 12.3 Å². The van der Waals surface area contributed by atoms with Crippen LogP contribution in [-0.4, -0.2) is 12.1 Å². The molecule has 4 heteroatoms. The molecule has 52 valence electrons. The molecule has 0 aromatic rings. The van der Waals surface area contributed by atoms with Gasteiger partial charge in [-0.15, -0.1) is 6.42 Å². The van der Waals surface area contributed by atoms with E-state index < -0.39 is 12.1 Å². The number of carbonyl (C=O) groups excluding carboxylic acids is 1. The van der Waals surface area contributed by atoms with Crippen molar-refractivity contribution in [2.75, 3.05) is 0 Å². The zero-order valence-corrected chi connectivity index (χ0v) is 7.90. The number of hydrogen-bond acceptors (Lipinski definition) is 2. The van der Waals surface area contributed by atoms with E-state index in [-0.39, 0.29) is 0 Å². The van der Waals surface area contributed by atoms with Crippen molar-refractivity contribution in [2.45, 2.75) is 6.10 Å². The van der Waals surface area contributed by atoms with Gasteiger partial charge >= 0.3 is 5.97 Å². The molecule has 0 aliphatic carbocycles. The number of carbonyl (C=O) groups is 1. The molecular weight excluding hydrogens is 264 g/mol. The average molecular weight is 266 g/mol. The van der Waals surface area contributed by atoms with Crippen LogP contribution in [0.25, 0.3) is 0 Å². The van der Waals surface area contributed by atoms with Gasteiger partial charge in [0.2, 0.25) is 0 Å². The summed E-state index contributed by atoms with van der Waals surface area (Å²) in [6.07, 6.45) is 4.48. The predicted octanol–water partition coefficient (Wildman–Crippen LogP) is 1.55. The van der Waals surface area contributed by atoms with Gasteiger partial charge in [-0.2, -0.15) is 0 Å². The van der Waals surface area contributed by atoms with Crippen molar-refractivity contribution < 1.29 is 9.53 Å². The number of halogens is 2. The van der Waals surface area contributed by atoms with Gasteiger partial charge in [-0.1, -0.05) is 5.92 Å². The normalized spacial score (nSPS) is 24.5. The first kappa shape index (κ1) is 7.83. The SMILES string of the molecule is C#CC1OC(=O)C(Br)=C1Br. The monoisotopic (exact) mass is 264 g/mol. The Bertz CT molecular complexity index is 249. The van der Waals surface area contributed by atoms with Crippen molar-refractivity contribution in [1.82, 2.24) is 0 Å². The Hall–Kier alpha value is -0.270. The second-order valence-corrected chi connectivity index (χ2v) is 3.26. The van der Waals surface area contributed by atoms with Crippen LogP contribution in [-0.2, 0) is 9.53 Å². The summed E-state index contributed by atoms with van der Waals surface area (Å²) in [5.41, 5.74) is 0. The van der Waals surface area contributed by atoms with Gasteiger partial charge < -0.3 is 4.74 Å². The number of rotatable bonds is 0. The maximum absolute atomic E-state index is 10.7. The average Bonchev–Trinajstić information content (AvgIpc) is 2.17. The summed E-state index contributed by atoms with van der Waals surface area (Å²) in [6, 6.07) is 0. The zero-order valence-electron chi connectivity index (χ0n) is 4.73. The quantitative estimate of drug-likeness (QED) is 0.491. The Labute approximate surface area is 74.9 Å². The van der Waals surface area contributed by atoms with E-state index in [1.807, 2.05) is 0 Å². The molecule has 0 radical (unpaired) electrons. The van der Waals surface area contributed by atoms with E-state index in [4.69, 9.17) is 11.2 Å². The molecule has 0 N–H and O–H groups in total. The van der Waals surface area contributed by atoms with E-state index in [9.17, 15) is 4.79 Å². The Morgan fingerprint density at radius 2 is 2.20 bits per heavy atom. The molecule has 0 bridgehead atoms. The van der Waals surface area contributed by atoms with Gasteiger partial charge in [-0.3, -0.25) is 0 Å². The van der Waals surface area contributed by atoms with Gasteiger partial charge in [0.25, 0.3) is 0 Å². The van der Waals surface area contributed by atoms with E-state index in [0.29, 0.717) is 8.96 Å². The highest BCUT2D eigenvalue weighted by atomic mass is 79.9. The third-order valence-electron chi connectivity index (χ3n) is 0.995. The molecule has 2 nitrogen and oxygen atoms in total. The van der Waals surface area contributed by atoms with Crippen molar-refractivity contribution in [2.24, 2.45) is 0 Å². The van der Waals surface area contributed by atoms with Gasteiger partial charge in [0.15, 0.2) is 6.10 Å². The maximum Gasteiger partial charge on any atom is 0.347 e. The lowest BCUT2D eigenvalue weighted by Gasteiger charge is -1.98. The minimum atomic E-state index is -0.554. The highest BCUT2D eigenvalue weighted by molar-refractivity contribution is 9.14. The Morgan fingerprint density at radius 1 is 1.60 bits per heavy atom. The smallest absolute Gasteiger partial charge is 0.347 e. The standard InChI is InChI=1S/C6H2Br2O2/c1-2-3-4(7)5(8)6(9)10-3/h1,3H. The molecule has 0 spiro atoms. The fraction of sp³-hybridized carbons (Fsp3) is 0.167. The van der Waals surface area contributed by atoms with Gasteiger partial charge in [-0.25, -0.2) is 4.79 Å². The van der Waals surface area contributed by atoms with E-state index in [0.717, 1.165) is 0 Å². The van der Waals surface area contributed by atoms with Crippen molar-refractivity contribution in [3.05, 3.63) is 8.96 Å². The summed E-state index contributed by atoms with van der Waals surface area (Å²) in [7, 11) is 0. The van der Waals surface area contributed by atoms with Crippen LogP contribution in [0.1, 0.15) is 0 Å². The van der Waals surface area contributed by atoms with Crippen molar-refractivity contribution >= 4 is 37.8 Å². The van der Waals surface area contributed by atoms with E-state index in [2.05, 4.69) is 37.8 Å². The molecule has 10 heavy (non-hydrogen) atoms. The van der Waals surface area contributed by atoms with Crippen LogP contribution in [0.2, 0.25) is 0 Å². The fourth-order valence-corrected chi connectivity index (χ4v) is 1.22. The highest BCUT2D eigenvalue weighted by Crippen LogP contribution is 2.30. The first-order chi connectivity index (χ1) is 4.66. The number of cyclic esters (lactones) is 1. The summed E-state index contributed by atoms with van der Waals surface area (Å²) in [6.45, 7) is 0. The lowest BCUT2D eigenvalue weighted by molar-refractivity contribution is -0.137. The molecule has 0 aromatic heterocycles. The molecule has 1 unspecified atom stereocenters. The first-order valence-electron chi connectivity index (χ1n) is 2.39. The molecule has 1 heterocycles. The van der Waals surface area contributed by atoms with Crippen LogP contribution >= 0.6 is 31.9 Å². The van der Waals surface area contributed by atoms with Crippen molar-refractivity contribution in [3.8, 4) is 12.3 Å². The van der Waals surface area contributed by atoms with E-state index in [1.54, 1.807) is 0 Å². The van der Waals surface area contributed by atoms with Crippen LogP contribution < -0.4 is 0 Å². The summed E-state index contributed by atoms with van der Waals surface area (Å²) >= 11 is 6.13. The molecule has 1 aliphatic heterocycles. The summed E-state index contributed by atoms with van der Waals surface area (Å²) < 4.78 is 5.65. The predicted molar refractivity (Wildman–Crippen MR) is 43.6 cm³/mol. The van der Waals surface area contributed by atoms with Crippen LogP contribution in [0.3, 0.4) is 0 Å². The van der Waals surface area contributed by atoms with Gasteiger partial charge in [0, 0.05) is 0 Å². The summed E-state index contributed by atoms with van der Waals surface area (Å²) in [5, 5.41) is 0. The Balaban J connectivity index is 2.97. The molecule has 1 rings (SSSR count). The van der Waals surface area contributed by atoms with Crippen LogP contribution in [0.15, 0.2) is 8.96 Å². The molecule has 0 saturated carbocycles. The largest absolute Gasteiger partial charge is 0.440 e. The Kier molecular flexibility index (Phi) is 2.17. The number of terminal acetylenes is 1. The van der Waals surface area contributed by atoms with Crippen molar-refractivity contribution in [3.63, 3.8) is 0 Å². The minimum Gasteiger partial charge on any atom is -0.440 e. The minimum absolute atomic E-state index is 0.371. The van der Waals surface area contributed by atoms with Gasteiger partial charge in [-0.05, 0) is 31.9 Å².